The van der Waals surface area contributed by atoms with Gasteiger partial charge in [-0.2, -0.15) is 0 Å². The maximum Gasteiger partial charge on any atom is 0.338 e. The number of aromatic nitrogens is 2. The van der Waals surface area contributed by atoms with Gasteiger partial charge in [-0.15, -0.1) is 0 Å². The lowest BCUT2D eigenvalue weighted by atomic mass is 9.95. The fourth-order valence-electron chi connectivity index (χ4n) is 6.21. The molecule has 3 heterocycles. The molecule has 2 aromatic heterocycles. The SMILES string of the molecule is CCOC(=O)C1=C(C)N=c2s/c(=C\c3cc(-c4ccccc4)n(-c4ccc(Br)cc4)c3-c3ccccc3)c(=O)n2[C@H]1c1ccc(C)cc1. The minimum absolute atomic E-state index is 0.213. The minimum Gasteiger partial charge on any atom is -0.463 e. The Hall–Kier alpha value is -5.05. The lowest BCUT2D eigenvalue weighted by Crippen LogP contribution is -2.39. The number of allylic oxidation sites excluding steroid dienone is 1. The predicted molar refractivity (Wildman–Crippen MR) is 196 cm³/mol. The van der Waals surface area contributed by atoms with Gasteiger partial charge in [0.2, 0.25) is 0 Å². The molecule has 1 atom stereocenters. The highest BCUT2D eigenvalue weighted by Gasteiger charge is 2.33. The van der Waals surface area contributed by atoms with Crippen molar-refractivity contribution in [2.24, 2.45) is 4.99 Å². The molecular formula is C40H32BrN3O3S. The van der Waals surface area contributed by atoms with E-state index < -0.39 is 12.0 Å². The highest BCUT2D eigenvalue weighted by molar-refractivity contribution is 9.10. The molecule has 6 aromatic rings. The summed E-state index contributed by atoms with van der Waals surface area (Å²) in [7, 11) is 0. The van der Waals surface area contributed by atoms with Crippen LogP contribution in [0.5, 0.6) is 0 Å². The molecule has 238 valence electrons. The van der Waals surface area contributed by atoms with E-state index in [2.05, 4.69) is 63.0 Å². The van der Waals surface area contributed by atoms with E-state index in [0.29, 0.717) is 20.6 Å². The molecule has 0 saturated carbocycles. The summed E-state index contributed by atoms with van der Waals surface area (Å²) in [6.07, 6.45) is 1.96. The van der Waals surface area contributed by atoms with Gasteiger partial charge in [0.25, 0.3) is 5.56 Å². The number of halogens is 1. The van der Waals surface area contributed by atoms with Crippen LogP contribution in [0.4, 0.5) is 0 Å². The Labute approximate surface area is 290 Å². The summed E-state index contributed by atoms with van der Waals surface area (Å²) in [4.78, 5) is 33.2. The van der Waals surface area contributed by atoms with E-state index in [0.717, 1.165) is 49.4 Å². The number of aryl methyl sites for hydroxylation is 1. The van der Waals surface area contributed by atoms with E-state index in [1.165, 1.54) is 11.3 Å². The van der Waals surface area contributed by atoms with Gasteiger partial charge in [-0.05, 0) is 73.9 Å². The summed E-state index contributed by atoms with van der Waals surface area (Å²) in [5.41, 5.74) is 8.51. The zero-order chi connectivity index (χ0) is 33.4. The number of hydrogen-bond donors (Lipinski definition) is 0. The van der Waals surface area contributed by atoms with Gasteiger partial charge in [0.15, 0.2) is 4.80 Å². The molecule has 0 unspecified atom stereocenters. The van der Waals surface area contributed by atoms with E-state index in [1.807, 2.05) is 92.7 Å². The second kappa shape index (κ2) is 13.2. The normalized spacial score (nSPS) is 14.5. The number of benzene rings is 4. The van der Waals surface area contributed by atoms with Crippen LogP contribution in [-0.2, 0) is 9.53 Å². The number of nitrogens with zero attached hydrogens (tertiary/aromatic N) is 3. The molecule has 6 nitrogen and oxygen atoms in total. The van der Waals surface area contributed by atoms with Gasteiger partial charge in [0, 0.05) is 15.7 Å². The molecule has 48 heavy (non-hydrogen) atoms. The summed E-state index contributed by atoms with van der Waals surface area (Å²) in [5.74, 6) is -0.468. The number of esters is 1. The van der Waals surface area contributed by atoms with E-state index in [-0.39, 0.29) is 12.2 Å². The van der Waals surface area contributed by atoms with Crippen LogP contribution in [0.1, 0.15) is 36.6 Å². The van der Waals surface area contributed by atoms with Crippen LogP contribution in [0.25, 0.3) is 34.3 Å². The molecule has 0 N–H and O–H groups in total. The lowest BCUT2D eigenvalue weighted by Gasteiger charge is -2.24. The third-order valence-corrected chi connectivity index (χ3v) is 9.94. The van der Waals surface area contributed by atoms with E-state index >= 15 is 0 Å². The minimum atomic E-state index is -0.663. The first-order valence-corrected chi connectivity index (χ1v) is 17.3. The van der Waals surface area contributed by atoms with Crippen molar-refractivity contribution < 1.29 is 9.53 Å². The van der Waals surface area contributed by atoms with Crippen molar-refractivity contribution in [2.45, 2.75) is 26.8 Å². The van der Waals surface area contributed by atoms with Crippen molar-refractivity contribution in [1.82, 2.24) is 9.13 Å². The number of rotatable bonds is 7. The number of carbonyl (C=O) groups excluding carboxylic acids is 1. The van der Waals surface area contributed by atoms with Crippen molar-refractivity contribution in [1.29, 1.82) is 0 Å². The summed E-state index contributed by atoms with van der Waals surface area (Å²) in [5, 5.41) is 0. The van der Waals surface area contributed by atoms with E-state index in [4.69, 9.17) is 9.73 Å². The third kappa shape index (κ3) is 5.82. The molecule has 0 bridgehead atoms. The molecule has 7 rings (SSSR count). The largest absolute Gasteiger partial charge is 0.463 e. The standard InChI is InChI=1S/C40H32BrN3O3S/c1-4-47-39(46)35-26(3)42-40-44(37(35)29-17-15-25(2)16-18-29)38(45)34(48-40)24-30-23-33(27-11-7-5-8-12-27)43(32-21-19-31(41)20-22-32)36(30)28-13-9-6-10-14-28/h5-24,37H,4H2,1-3H3/b34-24-/t37-/m0/s1. The first-order valence-electron chi connectivity index (χ1n) is 15.7. The van der Waals surface area contributed by atoms with Crippen LogP contribution in [0.15, 0.2) is 141 Å². The Morgan fingerprint density at radius 3 is 2.19 bits per heavy atom. The maximum atomic E-state index is 14.5. The zero-order valence-corrected chi connectivity index (χ0v) is 29.1. The van der Waals surface area contributed by atoms with Crippen molar-refractivity contribution >= 4 is 39.3 Å². The molecule has 0 aliphatic carbocycles. The average molecular weight is 715 g/mol. The van der Waals surface area contributed by atoms with E-state index in [1.54, 1.807) is 11.5 Å². The lowest BCUT2D eigenvalue weighted by molar-refractivity contribution is -0.139. The summed E-state index contributed by atoms with van der Waals surface area (Å²) in [6, 6.07) is 38.1. The van der Waals surface area contributed by atoms with Gasteiger partial charge >= 0.3 is 5.97 Å². The van der Waals surface area contributed by atoms with Gasteiger partial charge in [-0.25, -0.2) is 9.79 Å². The number of hydrogen-bond acceptors (Lipinski definition) is 5. The number of carbonyl (C=O) groups is 1. The number of fused-ring (bicyclic) bond motifs is 1. The highest BCUT2D eigenvalue weighted by atomic mass is 79.9. The highest BCUT2D eigenvalue weighted by Crippen LogP contribution is 2.37. The van der Waals surface area contributed by atoms with Crippen molar-refractivity contribution in [3.05, 3.63) is 167 Å². The summed E-state index contributed by atoms with van der Waals surface area (Å²) >= 11 is 4.92. The molecule has 1 aliphatic rings. The molecule has 0 saturated heterocycles. The van der Waals surface area contributed by atoms with Gasteiger partial charge in [0.05, 0.1) is 39.8 Å². The van der Waals surface area contributed by atoms with E-state index in [9.17, 15) is 9.59 Å². The second-order valence-electron chi connectivity index (χ2n) is 11.6. The maximum absolute atomic E-state index is 14.5. The van der Waals surface area contributed by atoms with Gasteiger partial charge in [-0.1, -0.05) is 118 Å². The molecule has 0 radical (unpaired) electrons. The smallest absolute Gasteiger partial charge is 0.338 e. The predicted octanol–water partition coefficient (Wildman–Crippen LogP) is 7.99. The van der Waals surface area contributed by atoms with Crippen molar-refractivity contribution in [2.75, 3.05) is 6.61 Å². The second-order valence-corrected chi connectivity index (χ2v) is 13.5. The van der Waals surface area contributed by atoms with Crippen LogP contribution >= 0.6 is 27.3 Å². The first-order chi connectivity index (χ1) is 23.3. The van der Waals surface area contributed by atoms with Crippen molar-refractivity contribution in [3.63, 3.8) is 0 Å². The Bertz CT molecular complexity index is 2350. The monoisotopic (exact) mass is 713 g/mol. The average Bonchev–Trinajstić information content (AvgIpc) is 3.62. The third-order valence-electron chi connectivity index (χ3n) is 8.43. The van der Waals surface area contributed by atoms with Crippen LogP contribution in [0.2, 0.25) is 0 Å². The molecule has 0 amide bonds. The Morgan fingerprint density at radius 2 is 1.54 bits per heavy atom. The Morgan fingerprint density at radius 1 is 0.896 bits per heavy atom. The zero-order valence-electron chi connectivity index (χ0n) is 26.7. The number of ether oxygens (including phenoxy) is 1. The topological polar surface area (TPSA) is 65.6 Å². The summed E-state index contributed by atoms with van der Waals surface area (Å²) < 4.78 is 10.9. The Kier molecular flexibility index (Phi) is 8.69. The first kappa shape index (κ1) is 31.5. The van der Waals surface area contributed by atoms with Gasteiger partial charge < -0.3 is 9.30 Å². The molecule has 8 heteroatoms. The molecule has 0 spiro atoms. The number of thiazole rings is 1. The molecule has 1 aliphatic heterocycles. The fourth-order valence-corrected chi connectivity index (χ4v) is 7.51. The van der Waals surface area contributed by atoms with Crippen LogP contribution in [0, 0.1) is 6.92 Å². The van der Waals surface area contributed by atoms with Crippen LogP contribution in [-0.4, -0.2) is 21.7 Å². The quantitative estimate of drug-likeness (QED) is 0.158. The Balaban J connectivity index is 1.51. The van der Waals surface area contributed by atoms with Gasteiger partial charge in [0.1, 0.15) is 0 Å². The van der Waals surface area contributed by atoms with Gasteiger partial charge in [-0.3, -0.25) is 9.36 Å². The molecule has 0 fully saturated rings. The summed E-state index contributed by atoms with van der Waals surface area (Å²) in [6.45, 7) is 5.82. The van der Waals surface area contributed by atoms with Crippen molar-refractivity contribution in [3.8, 4) is 28.2 Å². The van der Waals surface area contributed by atoms with Crippen LogP contribution in [0.3, 0.4) is 0 Å². The fraction of sp³-hybridized carbons (Fsp3) is 0.125. The molecule has 4 aromatic carbocycles. The van der Waals surface area contributed by atoms with Crippen LogP contribution < -0.4 is 14.9 Å². The molecular weight excluding hydrogens is 682 g/mol.